The normalized spacial score (nSPS) is 23.8. The number of amides is 1. The zero-order valence-electron chi connectivity index (χ0n) is 11.1. The molecule has 1 amide bonds. The molecule has 2 saturated heterocycles. The van der Waals surface area contributed by atoms with Crippen LogP contribution < -0.4 is 4.74 Å². The highest BCUT2D eigenvalue weighted by atomic mass is 16.6. The predicted molar refractivity (Wildman–Crippen MR) is 73.3 cm³/mol. The molecular formula is C15H20N2O2. The van der Waals surface area contributed by atoms with Crippen LogP contribution in [0.3, 0.4) is 0 Å². The highest BCUT2D eigenvalue weighted by Gasteiger charge is 2.31. The van der Waals surface area contributed by atoms with E-state index in [1.54, 1.807) is 0 Å². The first-order valence-corrected chi connectivity index (χ1v) is 7.09. The largest absolute Gasteiger partial charge is 0.415 e. The molecule has 4 nitrogen and oxygen atoms in total. The van der Waals surface area contributed by atoms with Crippen molar-refractivity contribution in [3.63, 3.8) is 0 Å². The zero-order chi connectivity index (χ0) is 13.1. The Morgan fingerprint density at radius 1 is 1.11 bits per heavy atom. The Morgan fingerprint density at radius 3 is 2.79 bits per heavy atom. The van der Waals surface area contributed by atoms with Crippen molar-refractivity contribution in [2.24, 2.45) is 0 Å². The van der Waals surface area contributed by atoms with Crippen molar-refractivity contribution >= 4 is 6.09 Å². The van der Waals surface area contributed by atoms with Crippen LogP contribution >= 0.6 is 0 Å². The minimum atomic E-state index is -0.212. The molecular weight excluding hydrogens is 240 g/mol. The van der Waals surface area contributed by atoms with Gasteiger partial charge >= 0.3 is 6.09 Å². The van der Waals surface area contributed by atoms with Crippen molar-refractivity contribution in [3.8, 4) is 5.75 Å². The first kappa shape index (κ1) is 12.5. The number of para-hydroxylation sites is 1. The highest BCUT2D eigenvalue weighted by Crippen LogP contribution is 2.21. The van der Waals surface area contributed by atoms with Gasteiger partial charge in [0, 0.05) is 25.7 Å². The molecule has 1 aromatic carbocycles. The van der Waals surface area contributed by atoms with Gasteiger partial charge < -0.3 is 9.64 Å². The minimum absolute atomic E-state index is 0.212. The predicted octanol–water partition coefficient (Wildman–Crippen LogP) is 2.36. The molecule has 0 N–H and O–H groups in total. The van der Waals surface area contributed by atoms with Crippen LogP contribution in [0.15, 0.2) is 30.3 Å². The van der Waals surface area contributed by atoms with Crippen molar-refractivity contribution in [1.29, 1.82) is 0 Å². The summed E-state index contributed by atoms with van der Waals surface area (Å²) in [4.78, 5) is 16.5. The number of fused-ring (bicyclic) bond motifs is 1. The SMILES string of the molecule is O=C(Oc1ccccc1)N1CCN2CCCCC2C1. The van der Waals surface area contributed by atoms with Crippen molar-refractivity contribution in [1.82, 2.24) is 9.80 Å². The summed E-state index contributed by atoms with van der Waals surface area (Å²) in [6.07, 6.45) is 3.57. The zero-order valence-corrected chi connectivity index (χ0v) is 11.1. The first-order chi connectivity index (χ1) is 9.33. The van der Waals surface area contributed by atoms with E-state index in [9.17, 15) is 4.79 Å². The molecule has 2 aliphatic rings. The van der Waals surface area contributed by atoms with Crippen LogP contribution in [-0.2, 0) is 0 Å². The molecule has 1 atom stereocenters. The van der Waals surface area contributed by atoms with Gasteiger partial charge in [-0.3, -0.25) is 4.90 Å². The third kappa shape index (κ3) is 2.89. The molecule has 0 saturated carbocycles. The van der Waals surface area contributed by atoms with Gasteiger partial charge in [-0.15, -0.1) is 0 Å². The molecule has 0 aliphatic carbocycles. The summed E-state index contributed by atoms with van der Waals surface area (Å²) in [5.41, 5.74) is 0. The Labute approximate surface area is 113 Å². The Hall–Kier alpha value is -1.55. The number of benzene rings is 1. The Balaban J connectivity index is 1.59. The van der Waals surface area contributed by atoms with E-state index in [4.69, 9.17) is 4.74 Å². The van der Waals surface area contributed by atoms with Gasteiger partial charge in [-0.2, -0.15) is 0 Å². The van der Waals surface area contributed by atoms with E-state index < -0.39 is 0 Å². The molecule has 2 fully saturated rings. The smallest absolute Gasteiger partial charge is 0.410 e. The summed E-state index contributed by atoms with van der Waals surface area (Å²) < 4.78 is 5.40. The summed E-state index contributed by atoms with van der Waals surface area (Å²) in [5, 5.41) is 0. The fourth-order valence-electron chi connectivity index (χ4n) is 2.98. The van der Waals surface area contributed by atoms with Crippen LogP contribution in [0.2, 0.25) is 0 Å². The topological polar surface area (TPSA) is 32.8 Å². The third-order valence-electron chi connectivity index (χ3n) is 4.04. The van der Waals surface area contributed by atoms with Crippen LogP contribution in [0.4, 0.5) is 4.79 Å². The van der Waals surface area contributed by atoms with Gasteiger partial charge in [0.2, 0.25) is 0 Å². The highest BCUT2D eigenvalue weighted by molar-refractivity contribution is 5.70. The maximum atomic E-state index is 12.1. The van der Waals surface area contributed by atoms with Crippen molar-refractivity contribution < 1.29 is 9.53 Å². The summed E-state index contributed by atoms with van der Waals surface area (Å²) in [5.74, 6) is 0.624. The number of piperazine rings is 1. The van der Waals surface area contributed by atoms with Crippen LogP contribution in [0.5, 0.6) is 5.75 Å². The summed E-state index contributed by atoms with van der Waals surface area (Å²) in [6.45, 7) is 3.76. The van der Waals surface area contributed by atoms with Crippen LogP contribution in [0.1, 0.15) is 19.3 Å². The number of carbonyl (C=O) groups is 1. The van der Waals surface area contributed by atoms with E-state index in [2.05, 4.69) is 4.90 Å². The number of carbonyl (C=O) groups excluding carboxylic acids is 1. The number of piperidine rings is 1. The van der Waals surface area contributed by atoms with Gasteiger partial charge in [0.15, 0.2) is 0 Å². The van der Waals surface area contributed by atoms with Crippen LogP contribution in [-0.4, -0.2) is 48.1 Å². The van der Waals surface area contributed by atoms with Gasteiger partial charge in [-0.05, 0) is 31.5 Å². The second-order valence-electron chi connectivity index (χ2n) is 5.31. The molecule has 0 aromatic heterocycles. The van der Waals surface area contributed by atoms with E-state index in [1.165, 1.54) is 25.8 Å². The number of ether oxygens (including phenoxy) is 1. The van der Waals surface area contributed by atoms with Gasteiger partial charge in [0.05, 0.1) is 0 Å². The minimum Gasteiger partial charge on any atom is -0.410 e. The summed E-state index contributed by atoms with van der Waals surface area (Å²) in [7, 11) is 0. The lowest BCUT2D eigenvalue weighted by molar-refractivity contribution is 0.0517. The molecule has 3 rings (SSSR count). The van der Waals surface area contributed by atoms with Crippen molar-refractivity contribution in [2.75, 3.05) is 26.2 Å². The molecule has 1 unspecified atom stereocenters. The monoisotopic (exact) mass is 260 g/mol. The molecule has 1 aromatic rings. The first-order valence-electron chi connectivity index (χ1n) is 7.09. The Morgan fingerprint density at radius 2 is 1.95 bits per heavy atom. The molecule has 19 heavy (non-hydrogen) atoms. The summed E-state index contributed by atoms with van der Waals surface area (Å²) in [6, 6.07) is 9.83. The average molecular weight is 260 g/mol. The molecule has 2 heterocycles. The maximum Gasteiger partial charge on any atom is 0.415 e. The van der Waals surface area contributed by atoms with Crippen molar-refractivity contribution in [2.45, 2.75) is 25.3 Å². The Bertz CT molecular complexity index is 435. The molecule has 4 heteroatoms. The lowest BCUT2D eigenvalue weighted by Gasteiger charge is -2.43. The van der Waals surface area contributed by atoms with Crippen LogP contribution in [0.25, 0.3) is 0 Å². The molecule has 0 radical (unpaired) electrons. The van der Waals surface area contributed by atoms with Gasteiger partial charge in [0.25, 0.3) is 0 Å². The Kier molecular flexibility index (Phi) is 3.69. The quantitative estimate of drug-likeness (QED) is 0.777. The van der Waals surface area contributed by atoms with E-state index in [0.717, 1.165) is 19.6 Å². The van der Waals surface area contributed by atoms with E-state index >= 15 is 0 Å². The second-order valence-corrected chi connectivity index (χ2v) is 5.31. The van der Waals surface area contributed by atoms with E-state index in [-0.39, 0.29) is 6.09 Å². The van der Waals surface area contributed by atoms with E-state index in [0.29, 0.717) is 11.8 Å². The lowest BCUT2D eigenvalue weighted by Crippen LogP contribution is -2.56. The van der Waals surface area contributed by atoms with Crippen LogP contribution in [0, 0.1) is 0 Å². The van der Waals surface area contributed by atoms with Crippen molar-refractivity contribution in [3.05, 3.63) is 30.3 Å². The van der Waals surface area contributed by atoms with Gasteiger partial charge in [0.1, 0.15) is 5.75 Å². The number of hydrogen-bond donors (Lipinski definition) is 0. The third-order valence-corrected chi connectivity index (χ3v) is 4.04. The fraction of sp³-hybridized carbons (Fsp3) is 0.533. The van der Waals surface area contributed by atoms with E-state index in [1.807, 2.05) is 35.2 Å². The van der Waals surface area contributed by atoms with Gasteiger partial charge in [-0.25, -0.2) is 4.79 Å². The number of hydrogen-bond acceptors (Lipinski definition) is 3. The summed E-state index contributed by atoms with van der Waals surface area (Å²) >= 11 is 0. The maximum absolute atomic E-state index is 12.1. The number of rotatable bonds is 1. The molecule has 102 valence electrons. The molecule has 0 bridgehead atoms. The molecule has 0 spiro atoms. The lowest BCUT2D eigenvalue weighted by atomic mass is 10.00. The second kappa shape index (κ2) is 5.61. The average Bonchev–Trinajstić information content (AvgIpc) is 2.48. The number of nitrogens with zero attached hydrogens (tertiary/aromatic N) is 2. The standard InChI is InChI=1S/C15H20N2O2/c18-15(19-14-7-2-1-3-8-14)17-11-10-16-9-5-4-6-13(16)12-17/h1-3,7-8,13H,4-6,9-12H2. The fourth-order valence-corrected chi connectivity index (χ4v) is 2.98. The van der Waals surface area contributed by atoms with Gasteiger partial charge in [-0.1, -0.05) is 24.6 Å². The molecule has 2 aliphatic heterocycles.